The summed E-state index contributed by atoms with van der Waals surface area (Å²) in [5.41, 5.74) is 2.32. The van der Waals surface area contributed by atoms with Crippen LogP contribution in [0, 0.1) is 0 Å². The molecule has 4 rings (SSSR count). The normalized spacial score (nSPS) is 25.4. The summed E-state index contributed by atoms with van der Waals surface area (Å²) in [6.07, 6.45) is -4.32. The summed E-state index contributed by atoms with van der Waals surface area (Å²) in [5.74, 6) is 0.266. The number of aromatic hydroxyl groups is 1. The van der Waals surface area contributed by atoms with Crippen LogP contribution < -0.4 is 4.74 Å². The second-order valence-corrected chi connectivity index (χ2v) is 7.90. The van der Waals surface area contributed by atoms with Crippen LogP contribution in [-0.2, 0) is 24.1 Å². The van der Waals surface area contributed by atoms with Crippen molar-refractivity contribution < 1.29 is 40.1 Å². The van der Waals surface area contributed by atoms with Gasteiger partial charge in [0, 0.05) is 6.20 Å². The highest BCUT2D eigenvalue weighted by atomic mass is 16.7. The van der Waals surface area contributed by atoms with E-state index in [0.717, 1.165) is 11.1 Å². The van der Waals surface area contributed by atoms with Gasteiger partial charge in [-0.15, -0.1) is 5.10 Å². The highest BCUT2D eigenvalue weighted by Crippen LogP contribution is 2.31. The first kappa shape index (κ1) is 23.4. The predicted molar refractivity (Wildman–Crippen MR) is 115 cm³/mol. The summed E-state index contributed by atoms with van der Waals surface area (Å²) < 4.78 is 12.8. The molecule has 1 fully saturated rings. The number of aliphatic hydroxyl groups excluding tert-OH is 5. The first-order valence-electron chi connectivity index (χ1n) is 10.6. The van der Waals surface area contributed by atoms with Crippen LogP contribution in [0.15, 0.2) is 36.5 Å². The molecule has 0 radical (unpaired) electrons. The lowest BCUT2D eigenvalue weighted by Crippen LogP contribution is -2.60. The summed E-state index contributed by atoms with van der Waals surface area (Å²) in [7, 11) is 0. The molecule has 1 saturated heterocycles. The second kappa shape index (κ2) is 10.00. The average molecular weight is 461 g/mol. The van der Waals surface area contributed by atoms with E-state index >= 15 is 0 Å². The number of phenolic OH excluding ortho intramolecular Hbond substituents is 1. The number of aromatic nitrogens is 3. The van der Waals surface area contributed by atoms with E-state index in [4.69, 9.17) is 9.47 Å². The zero-order valence-corrected chi connectivity index (χ0v) is 17.7. The van der Waals surface area contributed by atoms with Crippen molar-refractivity contribution in [1.82, 2.24) is 14.8 Å². The van der Waals surface area contributed by atoms with Crippen molar-refractivity contribution in [2.45, 2.75) is 50.1 Å². The van der Waals surface area contributed by atoms with Crippen LogP contribution in [0.5, 0.6) is 11.6 Å². The molecule has 33 heavy (non-hydrogen) atoms. The van der Waals surface area contributed by atoms with E-state index in [1.165, 1.54) is 4.68 Å². The lowest BCUT2D eigenvalue weighted by molar-refractivity contribution is -0.278. The molecule has 0 aliphatic carbocycles. The molecule has 3 aromatic rings. The Labute approximate surface area is 189 Å². The number of benzene rings is 1. The number of phenols is 1. The van der Waals surface area contributed by atoms with Gasteiger partial charge in [0.05, 0.1) is 25.1 Å². The number of aryl methyl sites for hydroxylation is 2. The van der Waals surface area contributed by atoms with E-state index < -0.39 is 37.3 Å². The van der Waals surface area contributed by atoms with Gasteiger partial charge in [0.1, 0.15) is 30.2 Å². The van der Waals surface area contributed by atoms with Crippen molar-refractivity contribution in [3.05, 3.63) is 47.7 Å². The number of hydrogen-bond acceptors (Lipinski definition) is 10. The first-order chi connectivity index (χ1) is 15.9. The van der Waals surface area contributed by atoms with Crippen LogP contribution in [0.3, 0.4) is 0 Å². The van der Waals surface area contributed by atoms with Crippen LogP contribution in [-0.4, -0.2) is 89.3 Å². The van der Waals surface area contributed by atoms with Crippen LogP contribution in [0.2, 0.25) is 0 Å². The molecule has 11 nitrogen and oxygen atoms in total. The number of rotatable bonds is 8. The van der Waals surface area contributed by atoms with Gasteiger partial charge in [-0.2, -0.15) is 0 Å². The van der Waals surface area contributed by atoms with Gasteiger partial charge in [0.2, 0.25) is 12.2 Å². The van der Waals surface area contributed by atoms with Gasteiger partial charge >= 0.3 is 0 Å². The third kappa shape index (κ3) is 4.78. The quantitative estimate of drug-likeness (QED) is 0.247. The molecule has 11 heteroatoms. The van der Waals surface area contributed by atoms with Crippen molar-refractivity contribution in [2.75, 3.05) is 13.2 Å². The summed E-state index contributed by atoms with van der Waals surface area (Å²) in [4.78, 5) is 4.36. The third-order valence-corrected chi connectivity index (χ3v) is 5.69. The predicted octanol–water partition coefficient (Wildman–Crippen LogP) is -0.907. The molecule has 3 heterocycles. The van der Waals surface area contributed by atoms with Gasteiger partial charge in [-0.05, 0) is 42.2 Å². The molecule has 1 aliphatic rings. The molecule has 178 valence electrons. The lowest BCUT2D eigenvalue weighted by Gasteiger charge is -2.39. The van der Waals surface area contributed by atoms with Crippen LogP contribution >= 0.6 is 0 Å². The van der Waals surface area contributed by atoms with Crippen LogP contribution in [0.1, 0.15) is 11.1 Å². The number of aliphatic hydroxyl groups is 5. The Bertz CT molecular complexity index is 1070. The van der Waals surface area contributed by atoms with E-state index in [1.54, 1.807) is 18.3 Å². The molecule has 0 bridgehead atoms. The molecule has 1 aliphatic heterocycles. The third-order valence-electron chi connectivity index (χ3n) is 5.69. The van der Waals surface area contributed by atoms with E-state index in [-0.39, 0.29) is 24.8 Å². The zero-order chi connectivity index (χ0) is 23.5. The Hall–Kier alpha value is -2.80. The number of nitrogens with zero attached hydrogens (tertiary/aromatic N) is 3. The molecule has 2 aromatic heterocycles. The average Bonchev–Trinajstić information content (AvgIpc) is 3.17. The lowest BCUT2D eigenvalue weighted by atomic mass is 9.99. The van der Waals surface area contributed by atoms with Crippen molar-refractivity contribution >= 4 is 11.0 Å². The number of pyridine rings is 1. The maximum absolute atomic E-state index is 10.4. The van der Waals surface area contributed by atoms with Gasteiger partial charge in [-0.1, -0.05) is 12.1 Å². The summed E-state index contributed by atoms with van der Waals surface area (Å²) in [6, 6.07) is 8.70. The van der Waals surface area contributed by atoms with Crippen molar-refractivity contribution in [3.8, 4) is 11.6 Å². The fourth-order valence-electron chi connectivity index (χ4n) is 3.88. The molecular weight excluding hydrogens is 434 g/mol. The SMILES string of the molecule is OCCn1nc(O[C@@H]2O[C@H](CO)[C@@H](O)[C@H](O)[C@H]2O)c2c(CCc3ccc(O)cc3)ccnc21. The van der Waals surface area contributed by atoms with Crippen LogP contribution in [0.4, 0.5) is 0 Å². The summed E-state index contributed by atoms with van der Waals surface area (Å²) in [5, 5.41) is 63.7. The smallest absolute Gasteiger partial charge is 0.245 e. The molecule has 6 N–H and O–H groups in total. The Kier molecular flexibility index (Phi) is 7.08. The van der Waals surface area contributed by atoms with Crippen molar-refractivity contribution in [2.24, 2.45) is 0 Å². The number of hydrogen-bond donors (Lipinski definition) is 6. The van der Waals surface area contributed by atoms with Crippen molar-refractivity contribution in [3.63, 3.8) is 0 Å². The molecule has 0 spiro atoms. The largest absolute Gasteiger partial charge is 0.508 e. The molecular formula is C22H27N3O8. The van der Waals surface area contributed by atoms with E-state index in [9.17, 15) is 30.6 Å². The van der Waals surface area contributed by atoms with Gasteiger partial charge in [-0.25, -0.2) is 9.67 Å². The van der Waals surface area contributed by atoms with Crippen molar-refractivity contribution in [1.29, 1.82) is 0 Å². The minimum absolute atomic E-state index is 0.0802. The highest BCUT2D eigenvalue weighted by molar-refractivity contribution is 5.85. The molecule has 0 amide bonds. The maximum Gasteiger partial charge on any atom is 0.245 e. The minimum Gasteiger partial charge on any atom is -0.508 e. The van der Waals surface area contributed by atoms with Crippen LogP contribution in [0.25, 0.3) is 11.0 Å². The monoisotopic (exact) mass is 461 g/mol. The highest BCUT2D eigenvalue weighted by Gasteiger charge is 2.45. The van der Waals surface area contributed by atoms with Gasteiger partial charge in [0.15, 0.2) is 5.65 Å². The standard InChI is InChI=1S/C22H27N3O8/c26-10-9-25-20-16(13(7-8-23-20)4-1-12-2-5-14(28)6-3-12)21(24-25)33-22-19(31)18(30)17(29)15(11-27)32-22/h2-3,5-8,15,17-19,22,26-31H,1,4,9-11H2/t15-,17-,18+,19-,22+/m1/s1. The van der Waals surface area contributed by atoms with E-state index in [0.29, 0.717) is 23.9 Å². The van der Waals surface area contributed by atoms with E-state index in [1.807, 2.05) is 18.2 Å². The van der Waals surface area contributed by atoms with E-state index in [2.05, 4.69) is 10.1 Å². The second-order valence-electron chi connectivity index (χ2n) is 7.90. The Balaban J connectivity index is 1.66. The molecule has 1 aromatic carbocycles. The Morgan fingerprint density at radius 3 is 2.42 bits per heavy atom. The zero-order valence-electron chi connectivity index (χ0n) is 17.7. The number of ether oxygens (including phenoxy) is 2. The molecule has 5 atom stereocenters. The van der Waals surface area contributed by atoms with Gasteiger partial charge in [-0.3, -0.25) is 0 Å². The van der Waals surface area contributed by atoms with Gasteiger partial charge < -0.3 is 40.1 Å². The Morgan fingerprint density at radius 1 is 0.970 bits per heavy atom. The minimum atomic E-state index is -1.59. The molecule has 0 saturated carbocycles. The fraction of sp³-hybridized carbons (Fsp3) is 0.455. The number of fused-ring (bicyclic) bond motifs is 1. The molecule has 0 unspecified atom stereocenters. The summed E-state index contributed by atoms with van der Waals surface area (Å²) >= 11 is 0. The fourth-order valence-corrected chi connectivity index (χ4v) is 3.88. The summed E-state index contributed by atoms with van der Waals surface area (Å²) in [6.45, 7) is -0.609. The topological polar surface area (TPSA) is 171 Å². The Morgan fingerprint density at radius 2 is 1.73 bits per heavy atom. The maximum atomic E-state index is 10.4. The van der Waals surface area contributed by atoms with Gasteiger partial charge in [0.25, 0.3) is 0 Å². The first-order valence-corrected chi connectivity index (χ1v) is 10.6.